The molecule has 0 saturated carbocycles. The van der Waals surface area contributed by atoms with Gasteiger partial charge in [0.2, 0.25) is 0 Å². The molecule has 206 valence electrons. The highest BCUT2D eigenvalue weighted by Gasteiger charge is 2.32. The van der Waals surface area contributed by atoms with Crippen molar-refractivity contribution in [3.05, 3.63) is 54.2 Å². The summed E-state index contributed by atoms with van der Waals surface area (Å²) in [6.07, 6.45) is 1.40. The summed E-state index contributed by atoms with van der Waals surface area (Å²) in [6.45, 7) is 4.47. The monoisotopic (exact) mass is 555 g/mol. The van der Waals surface area contributed by atoms with Crippen LogP contribution in [0.5, 0.6) is 5.75 Å². The van der Waals surface area contributed by atoms with E-state index in [0.29, 0.717) is 35.9 Å². The first-order valence-corrected chi connectivity index (χ1v) is 14.0. The van der Waals surface area contributed by atoms with Crippen molar-refractivity contribution in [1.29, 1.82) is 0 Å². The summed E-state index contributed by atoms with van der Waals surface area (Å²) >= 11 is 0. The van der Waals surface area contributed by atoms with Gasteiger partial charge in [0.05, 0.1) is 49.5 Å². The first-order chi connectivity index (χ1) is 18.7. The summed E-state index contributed by atoms with van der Waals surface area (Å²) in [7, 11) is -0.618. The molecule has 0 spiro atoms. The number of rotatable bonds is 7. The smallest absolute Gasteiger partial charge is 0.409 e. The highest BCUT2D eigenvalue weighted by molar-refractivity contribution is 7.90. The molecule has 1 saturated heterocycles. The van der Waals surface area contributed by atoms with E-state index >= 15 is 0 Å². The van der Waals surface area contributed by atoms with Gasteiger partial charge in [0.25, 0.3) is 0 Å². The molecular formula is C27H30FN5O5S. The van der Waals surface area contributed by atoms with Crippen molar-refractivity contribution in [2.45, 2.75) is 23.5 Å². The Morgan fingerprint density at radius 2 is 2.10 bits per heavy atom. The Morgan fingerprint density at radius 1 is 1.31 bits per heavy atom. The Bertz CT molecular complexity index is 1560. The number of hydrogen-bond donors (Lipinski definition) is 2. The number of aromatic nitrogens is 2. The maximum absolute atomic E-state index is 14.9. The van der Waals surface area contributed by atoms with Crippen LogP contribution >= 0.6 is 0 Å². The van der Waals surface area contributed by atoms with Crippen LogP contribution in [0.4, 0.5) is 20.7 Å². The molecule has 39 heavy (non-hydrogen) atoms. The number of nitrogens with one attached hydrogen (secondary N) is 2. The predicted octanol–water partition coefficient (Wildman–Crippen LogP) is 3.44. The van der Waals surface area contributed by atoms with E-state index in [1.807, 2.05) is 12.1 Å². The number of benzene rings is 1. The number of ether oxygens (including phenoxy) is 2. The second kappa shape index (κ2) is 11.7. The molecule has 2 aromatic heterocycles. The number of methoxy groups -OCH3 is 2. The predicted molar refractivity (Wildman–Crippen MR) is 148 cm³/mol. The summed E-state index contributed by atoms with van der Waals surface area (Å²) in [6, 6.07) is 9.60. The van der Waals surface area contributed by atoms with Gasteiger partial charge in [0, 0.05) is 24.4 Å². The number of nitrogens with zero attached hydrogens (tertiary/aromatic N) is 3. The minimum atomic E-state index is -3.36. The van der Waals surface area contributed by atoms with Gasteiger partial charge >= 0.3 is 6.09 Å². The van der Waals surface area contributed by atoms with Gasteiger partial charge in [-0.05, 0) is 36.6 Å². The Balaban J connectivity index is 1.51. The number of carbonyl (C=O) groups excluding carboxylic acids is 1. The molecule has 1 aliphatic heterocycles. The number of pyridine rings is 1. The van der Waals surface area contributed by atoms with Crippen LogP contribution in [0, 0.1) is 11.8 Å². The fourth-order valence-electron chi connectivity index (χ4n) is 4.36. The van der Waals surface area contributed by atoms with E-state index in [1.54, 1.807) is 22.7 Å². The van der Waals surface area contributed by atoms with E-state index in [9.17, 15) is 17.6 Å². The summed E-state index contributed by atoms with van der Waals surface area (Å²) in [5.41, 5.74) is 2.59. The third-order valence-electron chi connectivity index (χ3n) is 6.38. The van der Waals surface area contributed by atoms with E-state index in [1.165, 1.54) is 31.3 Å². The Kier molecular flexibility index (Phi) is 8.30. The van der Waals surface area contributed by atoms with E-state index in [4.69, 9.17) is 9.47 Å². The highest BCUT2D eigenvalue weighted by atomic mass is 32.2. The number of piperidine rings is 1. The van der Waals surface area contributed by atoms with Crippen LogP contribution in [0.3, 0.4) is 0 Å². The highest BCUT2D eigenvalue weighted by Crippen LogP contribution is 2.28. The quantitative estimate of drug-likeness (QED) is 0.426. The average molecular weight is 556 g/mol. The van der Waals surface area contributed by atoms with Gasteiger partial charge in [-0.2, -0.15) is 5.10 Å². The topological polar surface area (TPSA) is 114 Å². The van der Waals surface area contributed by atoms with Gasteiger partial charge in [-0.1, -0.05) is 24.6 Å². The molecule has 12 heteroatoms. The van der Waals surface area contributed by atoms with Gasteiger partial charge in [0.15, 0.2) is 9.84 Å². The molecule has 1 amide bonds. The molecule has 1 aromatic carbocycles. The molecule has 2 N–H and O–H groups in total. The normalized spacial score (nSPS) is 17.2. The largest absolute Gasteiger partial charge is 0.495 e. The summed E-state index contributed by atoms with van der Waals surface area (Å²) in [5, 5.41) is 11.0. The van der Waals surface area contributed by atoms with Gasteiger partial charge < -0.3 is 25.0 Å². The minimum Gasteiger partial charge on any atom is -0.495 e. The lowest BCUT2D eigenvalue weighted by molar-refractivity contribution is 0.0871. The molecule has 2 atom stereocenters. The molecule has 10 nitrogen and oxygen atoms in total. The van der Waals surface area contributed by atoms with Gasteiger partial charge in [-0.3, -0.25) is 0 Å². The van der Waals surface area contributed by atoms with Crippen molar-refractivity contribution < 1.29 is 27.1 Å². The molecule has 4 rings (SSSR count). The van der Waals surface area contributed by atoms with E-state index in [2.05, 4.69) is 34.2 Å². The third-order valence-corrected chi connectivity index (χ3v) is 7.49. The fourth-order valence-corrected chi connectivity index (χ4v) is 5.00. The molecular weight excluding hydrogens is 525 g/mol. The lowest BCUT2D eigenvalue weighted by Gasteiger charge is -2.34. The molecule has 0 bridgehead atoms. The van der Waals surface area contributed by atoms with Crippen molar-refractivity contribution in [1.82, 2.24) is 14.5 Å². The van der Waals surface area contributed by atoms with E-state index < -0.39 is 28.1 Å². The summed E-state index contributed by atoms with van der Waals surface area (Å²) in [4.78, 5) is 13.3. The second-order valence-electron chi connectivity index (χ2n) is 8.94. The van der Waals surface area contributed by atoms with Crippen molar-refractivity contribution in [2.75, 3.05) is 50.7 Å². The van der Waals surface area contributed by atoms with Crippen molar-refractivity contribution >= 4 is 39.0 Å². The number of amides is 1. The average Bonchev–Trinajstić information content (AvgIpc) is 3.29. The van der Waals surface area contributed by atoms with Crippen LogP contribution in [0.25, 0.3) is 11.6 Å². The zero-order valence-electron chi connectivity index (χ0n) is 21.9. The summed E-state index contributed by atoms with van der Waals surface area (Å²) in [5.74, 6) is 7.05. The fraction of sp³-hybridized carbons (Fsp3) is 0.333. The molecule has 0 unspecified atom stereocenters. The van der Waals surface area contributed by atoms with Crippen LogP contribution in [0.15, 0.2) is 47.9 Å². The van der Waals surface area contributed by atoms with E-state index in [0.717, 1.165) is 17.3 Å². The van der Waals surface area contributed by atoms with Crippen molar-refractivity contribution in [3.8, 4) is 17.6 Å². The number of likely N-dealkylation sites (tertiary alicyclic amines) is 1. The number of hydrogen-bond acceptors (Lipinski definition) is 8. The van der Waals surface area contributed by atoms with Crippen LogP contribution < -0.4 is 15.4 Å². The molecule has 0 radical (unpaired) electrons. The number of halogens is 1. The number of fused-ring (bicyclic) bond motifs is 1. The van der Waals surface area contributed by atoms with Crippen LogP contribution in [-0.4, -0.2) is 81.3 Å². The zero-order chi connectivity index (χ0) is 28.2. The number of carbonyl (C=O) groups is 1. The van der Waals surface area contributed by atoms with Gasteiger partial charge in [-0.15, -0.1) is 0 Å². The summed E-state index contributed by atoms with van der Waals surface area (Å²) < 4.78 is 50.2. The lowest BCUT2D eigenvalue weighted by atomic mass is 10.0. The van der Waals surface area contributed by atoms with Crippen LogP contribution in [-0.2, 0) is 14.6 Å². The molecule has 1 aliphatic rings. The van der Waals surface area contributed by atoms with Crippen LogP contribution in [0.1, 0.15) is 17.7 Å². The number of anilines is 2. The number of sulfone groups is 1. The molecule has 1 fully saturated rings. The Hall–Kier alpha value is -4.24. The van der Waals surface area contributed by atoms with Gasteiger partial charge in [-0.25, -0.2) is 22.1 Å². The zero-order valence-corrected chi connectivity index (χ0v) is 22.7. The van der Waals surface area contributed by atoms with Crippen molar-refractivity contribution in [3.63, 3.8) is 0 Å². The standard InChI is InChI=1S/C27H30FN5O5S/c1-5-19-21(8-7-14-29-23-12-11-18(39(4,35)36)16-25(23)37-2)31-33-24(19)9-6-10-26(33)30-22-13-15-32(17-20(22)28)27(34)38-3/h5-6,9-12,16,20,22,29-30H,1,13-15,17H2,2-4H3/t20-,22+/m0/s1. The Labute approximate surface area is 226 Å². The maximum Gasteiger partial charge on any atom is 0.409 e. The Morgan fingerprint density at radius 3 is 2.77 bits per heavy atom. The first-order valence-electron chi connectivity index (χ1n) is 12.1. The van der Waals surface area contributed by atoms with Gasteiger partial charge in [0.1, 0.15) is 23.4 Å². The minimum absolute atomic E-state index is 0.0528. The molecule has 3 aromatic rings. The lowest BCUT2D eigenvalue weighted by Crippen LogP contribution is -2.50. The van der Waals surface area contributed by atoms with Crippen molar-refractivity contribution in [2.24, 2.45) is 0 Å². The number of alkyl halides is 1. The molecule has 0 aliphatic carbocycles. The SMILES string of the molecule is C=Cc1c(C#CCNc2ccc(S(C)(=O)=O)cc2OC)nn2c(N[C@@H]3CCN(C(=O)OC)C[C@@H]3F)cccc12. The van der Waals surface area contributed by atoms with E-state index in [-0.39, 0.29) is 18.0 Å². The maximum atomic E-state index is 14.9. The van der Waals surface area contributed by atoms with Crippen LogP contribution in [0.2, 0.25) is 0 Å². The first kappa shape index (κ1) is 27.8. The second-order valence-corrected chi connectivity index (χ2v) is 11.0. The molecule has 3 heterocycles. The third kappa shape index (κ3) is 6.09.